The lowest BCUT2D eigenvalue weighted by Crippen LogP contribution is -2.40. The van der Waals surface area contributed by atoms with E-state index < -0.39 is 10.2 Å². The van der Waals surface area contributed by atoms with Gasteiger partial charge in [-0.25, -0.2) is 9.86 Å². The van der Waals surface area contributed by atoms with E-state index in [0.717, 1.165) is 12.8 Å². The topological polar surface area (TPSA) is 98.2 Å². The van der Waals surface area contributed by atoms with Gasteiger partial charge in [0.25, 0.3) is 10.2 Å². The van der Waals surface area contributed by atoms with Crippen LogP contribution in [-0.2, 0) is 10.2 Å². The van der Waals surface area contributed by atoms with Gasteiger partial charge in [-0.2, -0.15) is 8.42 Å². The molecule has 0 bridgehead atoms. The molecule has 0 heterocycles. The van der Waals surface area contributed by atoms with Crippen LogP contribution >= 0.6 is 0 Å². The van der Waals surface area contributed by atoms with Crippen molar-refractivity contribution in [3.8, 4) is 0 Å². The fourth-order valence-electron chi connectivity index (χ4n) is 0.696. The van der Waals surface area contributed by atoms with Gasteiger partial charge < -0.3 is 5.73 Å². The van der Waals surface area contributed by atoms with Crippen molar-refractivity contribution in [1.29, 1.82) is 0 Å². The summed E-state index contributed by atoms with van der Waals surface area (Å²) in [6, 6.07) is -0.140. The highest BCUT2D eigenvalue weighted by atomic mass is 32.2. The molecule has 0 aliphatic carbocycles. The van der Waals surface area contributed by atoms with Crippen LogP contribution < -0.4 is 15.6 Å². The summed E-state index contributed by atoms with van der Waals surface area (Å²) in [6.45, 7) is 2.20. The molecule has 6 heteroatoms. The minimum atomic E-state index is -3.57. The maximum atomic E-state index is 10.4. The van der Waals surface area contributed by atoms with Crippen LogP contribution in [0.25, 0.3) is 0 Å². The Morgan fingerprint density at radius 1 is 1.55 bits per heavy atom. The van der Waals surface area contributed by atoms with Crippen LogP contribution in [0.3, 0.4) is 0 Å². The lowest BCUT2D eigenvalue weighted by atomic mass is 10.2. The summed E-state index contributed by atoms with van der Waals surface area (Å²) in [4.78, 5) is 0. The molecule has 0 aliphatic rings. The summed E-state index contributed by atoms with van der Waals surface area (Å²) in [5.41, 5.74) is 5.51. The molecule has 0 saturated carbocycles. The lowest BCUT2D eigenvalue weighted by molar-refractivity contribution is 0.554. The lowest BCUT2D eigenvalue weighted by Gasteiger charge is -2.09. The van der Waals surface area contributed by atoms with E-state index in [2.05, 4.69) is 9.86 Å². The molecule has 0 aromatic carbocycles. The third-order valence-electron chi connectivity index (χ3n) is 1.21. The maximum absolute atomic E-state index is 10.4. The van der Waals surface area contributed by atoms with Gasteiger partial charge in [-0.15, -0.1) is 0 Å². The second kappa shape index (κ2) is 4.66. The van der Waals surface area contributed by atoms with E-state index in [1.165, 1.54) is 0 Å². The number of hydrogen-bond donors (Lipinski definition) is 3. The van der Waals surface area contributed by atoms with Crippen LogP contribution in [0.1, 0.15) is 19.8 Å². The summed E-state index contributed by atoms with van der Waals surface area (Å²) < 4.78 is 22.8. The van der Waals surface area contributed by atoms with Gasteiger partial charge in [0.15, 0.2) is 0 Å². The summed E-state index contributed by atoms with van der Waals surface area (Å²) in [7, 11) is -3.57. The molecule has 0 aromatic heterocycles. The highest BCUT2D eigenvalue weighted by Gasteiger charge is 2.04. The molecular formula is C5H15N3O2S. The first-order valence-corrected chi connectivity index (χ1v) is 5.03. The molecule has 0 amide bonds. The van der Waals surface area contributed by atoms with E-state index in [-0.39, 0.29) is 12.6 Å². The van der Waals surface area contributed by atoms with Gasteiger partial charge in [-0.05, 0) is 6.42 Å². The molecule has 5 N–H and O–H groups in total. The monoisotopic (exact) mass is 181 g/mol. The zero-order valence-electron chi connectivity index (χ0n) is 6.58. The molecule has 0 fully saturated rings. The average Bonchev–Trinajstić information content (AvgIpc) is 1.83. The van der Waals surface area contributed by atoms with Crippen LogP contribution in [0.4, 0.5) is 0 Å². The molecule has 0 spiro atoms. The summed E-state index contributed by atoms with van der Waals surface area (Å²) in [6.07, 6.45) is 1.73. The fourth-order valence-corrected chi connectivity index (χ4v) is 1.14. The molecule has 0 aromatic rings. The summed E-state index contributed by atoms with van der Waals surface area (Å²) in [5, 5.41) is 4.69. The van der Waals surface area contributed by atoms with Crippen molar-refractivity contribution in [3.63, 3.8) is 0 Å². The number of rotatable bonds is 5. The molecule has 68 valence electrons. The second-order valence-corrected chi connectivity index (χ2v) is 3.82. The van der Waals surface area contributed by atoms with Crippen LogP contribution in [0.15, 0.2) is 0 Å². The first kappa shape index (κ1) is 10.8. The van der Waals surface area contributed by atoms with Gasteiger partial charge in [0.1, 0.15) is 0 Å². The highest BCUT2D eigenvalue weighted by molar-refractivity contribution is 7.87. The zero-order chi connectivity index (χ0) is 8.91. The Balaban J connectivity index is 3.54. The van der Waals surface area contributed by atoms with Gasteiger partial charge in [-0.3, -0.25) is 0 Å². The first-order valence-electron chi connectivity index (χ1n) is 3.48. The maximum Gasteiger partial charge on any atom is 0.274 e. The van der Waals surface area contributed by atoms with E-state index >= 15 is 0 Å². The Bertz CT molecular complexity index is 190. The normalized spacial score (nSPS) is 14.8. The highest BCUT2D eigenvalue weighted by Crippen LogP contribution is 1.90. The summed E-state index contributed by atoms with van der Waals surface area (Å²) in [5.74, 6) is 0. The molecule has 0 saturated heterocycles. The quantitative estimate of drug-likeness (QED) is 0.502. The van der Waals surface area contributed by atoms with Gasteiger partial charge in [0.2, 0.25) is 0 Å². The van der Waals surface area contributed by atoms with E-state index in [9.17, 15) is 8.42 Å². The predicted molar refractivity (Wildman–Crippen MR) is 44.0 cm³/mol. The number of nitrogens with two attached hydrogens (primary N) is 2. The van der Waals surface area contributed by atoms with Gasteiger partial charge in [0.05, 0.1) is 0 Å². The van der Waals surface area contributed by atoms with Crippen molar-refractivity contribution >= 4 is 10.2 Å². The Morgan fingerprint density at radius 2 is 2.09 bits per heavy atom. The van der Waals surface area contributed by atoms with E-state index in [1.54, 1.807) is 0 Å². The molecule has 0 rings (SSSR count). The van der Waals surface area contributed by atoms with Crippen molar-refractivity contribution < 1.29 is 8.42 Å². The molecule has 11 heavy (non-hydrogen) atoms. The molecule has 0 aliphatic heterocycles. The van der Waals surface area contributed by atoms with Gasteiger partial charge >= 0.3 is 0 Å². The zero-order valence-corrected chi connectivity index (χ0v) is 7.39. The van der Waals surface area contributed by atoms with E-state index in [4.69, 9.17) is 5.73 Å². The number of hydrogen-bond acceptors (Lipinski definition) is 3. The van der Waals surface area contributed by atoms with Crippen LogP contribution in [0.2, 0.25) is 0 Å². The SMILES string of the molecule is CCCC(N)CNS(N)(=O)=O. The van der Waals surface area contributed by atoms with Crippen molar-refractivity contribution in [2.24, 2.45) is 10.9 Å². The van der Waals surface area contributed by atoms with Crippen molar-refractivity contribution in [3.05, 3.63) is 0 Å². The van der Waals surface area contributed by atoms with E-state index in [0.29, 0.717) is 0 Å². The fraction of sp³-hybridized carbons (Fsp3) is 1.00. The third kappa shape index (κ3) is 7.73. The van der Waals surface area contributed by atoms with Crippen LogP contribution in [-0.4, -0.2) is 21.0 Å². The van der Waals surface area contributed by atoms with Crippen molar-refractivity contribution in [2.45, 2.75) is 25.8 Å². The van der Waals surface area contributed by atoms with Crippen molar-refractivity contribution in [2.75, 3.05) is 6.54 Å². The predicted octanol–water partition coefficient (Wildman–Crippen LogP) is -1.09. The largest absolute Gasteiger partial charge is 0.327 e. The Kier molecular flexibility index (Phi) is 4.58. The molecular weight excluding hydrogens is 166 g/mol. The van der Waals surface area contributed by atoms with Gasteiger partial charge in [-0.1, -0.05) is 13.3 Å². The molecule has 5 nitrogen and oxygen atoms in total. The second-order valence-electron chi connectivity index (χ2n) is 2.44. The van der Waals surface area contributed by atoms with Gasteiger partial charge in [0, 0.05) is 12.6 Å². The van der Waals surface area contributed by atoms with Crippen LogP contribution in [0, 0.1) is 0 Å². The third-order valence-corrected chi connectivity index (χ3v) is 1.78. The standard InChI is InChI=1S/C5H15N3O2S/c1-2-3-5(6)4-8-11(7,9)10/h5,8H,2-4,6H2,1H3,(H2,7,9,10). The minimum Gasteiger partial charge on any atom is -0.327 e. The minimum absolute atomic E-state index is 0.140. The molecule has 1 unspecified atom stereocenters. The van der Waals surface area contributed by atoms with E-state index in [1.807, 2.05) is 6.92 Å². The average molecular weight is 181 g/mol. The van der Waals surface area contributed by atoms with Crippen molar-refractivity contribution in [1.82, 2.24) is 4.72 Å². The Labute approximate surface area is 67.3 Å². The summed E-state index contributed by atoms with van der Waals surface area (Å²) >= 11 is 0. The number of nitrogens with one attached hydrogen (secondary N) is 1. The van der Waals surface area contributed by atoms with Crippen LogP contribution in [0.5, 0.6) is 0 Å². The smallest absolute Gasteiger partial charge is 0.274 e. The first-order chi connectivity index (χ1) is 4.95. The molecule has 1 atom stereocenters. The molecule has 0 radical (unpaired) electrons. The Hall–Kier alpha value is -0.170. The Morgan fingerprint density at radius 3 is 2.45 bits per heavy atom.